The van der Waals surface area contributed by atoms with Crippen LogP contribution in [0.5, 0.6) is 0 Å². The Morgan fingerprint density at radius 1 is 0.538 bits per heavy atom. The van der Waals surface area contributed by atoms with Gasteiger partial charge in [0.05, 0.1) is 16.4 Å². The minimum Gasteiger partial charge on any atom is -0.455 e. The van der Waals surface area contributed by atoms with Crippen LogP contribution in [0.25, 0.3) is 80.7 Å². The zero-order valence-electron chi connectivity index (χ0n) is 20.9. The molecule has 2 nitrogen and oxygen atoms in total. The van der Waals surface area contributed by atoms with Crippen molar-refractivity contribution in [3.8, 4) is 16.8 Å². The topological polar surface area (TPSA) is 18.1 Å². The van der Waals surface area contributed by atoms with Crippen LogP contribution in [0.4, 0.5) is 0 Å². The number of furan rings is 1. The van der Waals surface area contributed by atoms with E-state index < -0.39 is 0 Å². The van der Waals surface area contributed by atoms with E-state index in [1.54, 1.807) is 0 Å². The van der Waals surface area contributed by atoms with E-state index in [4.69, 9.17) is 4.42 Å². The minimum atomic E-state index is 0.918. The molecule has 6 aromatic carbocycles. The Bertz CT molecular complexity index is 2390. The molecule has 0 atom stereocenters. The second kappa shape index (κ2) is 7.83. The molecule has 9 rings (SSSR count). The van der Waals surface area contributed by atoms with Gasteiger partial charge < -0.3 is 8.98 Å². The molecule has 9 aromatic rings. The van der Waals surface area contributed by atoms with Crippen molar-refractivity contribution in [2.45, 2.75) is 0 Å². The van der Waals surface area contributed by atoms with Gasteiger partial charge in [-0.05, 0) is 54.1 Å². The lowest BCUT2D eigenvalue weighted by atomic mass is 9.97. The molecule has 0 aliphatic rings. The summed E-state index contributed by atoms with van der Waals surface area (Å²) in [7, 11) is 0. The van der Waals surface area contributed by atoms with Crippen molar-refractivity contribution < 1.29 is 4.42 Å². The number of thiophene rings is 1. The molecule has 0 spiro atoms. The first-order chi connectivity index (χ1) is 19.3. The van der Waals surface area contributed by atoms with E-state index in [0.29, 0.717) is 0 Å². The largest absolute Gasteiger partial charge is 0.455 e. The van der Waals surface area contributed by atoms with Gasteiger partial charge in [0.15, 0.2) is 0 Å². The fraction of sp³-hybridized carbons (Fsp3) is 0. The minimum absolute atomic E-state index is 0.918. The van der Waals surface area contributed by atoms with Gasteiger partial charge in [0.2, 0.25) is 0 Å². The quantitative estimate of drug-likeness (QED) is 0.224. The Labute approximate surface area is 227 Å². The summed E-state index contributed by atoms with van der Waals surface area (Å²) in [5.41, 5.74) is 7.78. The number of benzene rings is 6. The lowest BCUT2D eigenvalue weighted by Gasteiger charge is -2.12. The highest BCUT2D eigenvalue weighted by molar-refractivity contribution is 7.25. The van der Waals surface area contributed by atoms with Gasteiger partial charge in [0, 0.05) is 47.6 Å². The van der Waals surface area contributed by atoms with Gasteiger partial charge in [0.1, 0.15) is 11.2 Å². The summed E-state index contributed by atoms with van der Waals surface area (Å²) in [4.78, 5) is 0. The fourth-order valence-corrected chi connectivity index (χ4v) is 7.38. The van der Waals surface area contributed by atoms with Crippen LogP contribution in [-0.2, 0) is 0 Å². The van der Waals surface area contributed by atoms with E-state index in [-0.39, 0.29) is 0 Å². The van der Waals surface area contributed by atoms with Crippen LogP contribution in [0.1, 0.15) is 0 Å². The zero-order chi connectivity index (χ0) is 25.5. The van der Waals surface area contributed by atoms with E-state index in [0.717, 1.165) is 33.0 Å². The predicted octanol–water partition coefficient (Wildman–Crippen LogP) is 10.7. The molecule has 3 aromatic heterocycles. The van der Waals surface area contributed by atoms with Crippen molar-refractivity contribution in [1.82, 2.24) is 4.57 Å². The van der Waals surface area contributed by atoms with Crippen molar-refractivity contribution in [2.24, 2.45) is 0 Å². The van der Waals surface area contributed by atoms with Gasteiger partial charge in [-0.3, -0.25) is 0 Å². The standard InChI is InChI=1S/C36H21NOS/c1-2-10-23(11-3-1)37-30-15-7-4-14-26(30)34-35(37)27(21-29-24-12-5-8-16-31(24)38-36(29)34)22-18-19-33-28(20-22)25-13-6-9-17-32(25)39-33/h1-21H. The van der Waals surface area contributed by atoms with Crippen LogP contribution in [-0.4, -0.2) is 4.57 Å². The molecule has 0 radical (unpaired) electrons. The third-order valence-electron chi connectivity index (χ3n) is 7.98. The molecular formula is C36H21NOS. The second-order valence-corrected chi connectivity index (χ2v) is 11.2. The van der Waals surface area contributed by atoms with Crippen molar-refractivity contribution >= 4 is 75.3 Å². The van der Waals surface area contributed by atoms with Crippen LogP contribution in [0.15, 0.2) is 132 Å². The molecule has 0 bridgehead atoms. The fourth-order valence-electron chi connectivity index (χ4n) is 6.29. The molecule has 0 amide bonds. The lowest BCUT2D eigenvalue weighted by Crippen LogP contribution is -1.95. The number of para-hydroxylation sites is 3. The molecule has 0 unspecified atom stereocenters. The Balaban J connectivity index is 1.52. The van der Waals surface area contributed by atoms with E-state index in [1.165, 1.54) is 47.7 Å². The van der Waals surface area contributed by atoms with Crippen LogP contribution in [0.3, 0.4) is 0 Å². The van der Waals surface area contributed by atoms with E-state index >= 15 is 0 Å². The Morgan fingerprint density at radius 2 is 1.26 bits per heavy atom. The molecule has 39 heavy (non-hydrogen) atoms. The highest BCUT2D eigenvalue weighted by Gasteiger charge is 2.23. The molecule has 3 heterocycles. The van der Waals surface area contributed by atoms with Crippen molar-refractivity contribution in [2.75, 3.05) is 0 Å². The third kappa shape index (κ3) is 2.91. The van der Waals surface area contributed by atoms with Gasteiger partial charge in [0.25, 0.3) is 0 Å². The number of nitrogens with zero attached hydrogens (tertiary/aromatic N) is 1. The molecule has 3 heteroatoms. The Morgan fingerprint density at radius 3 is 2.15 bits per heavy atom. The van der Waals surface area contributed by atoms with Crippen LogP contribution < -0.4 is 0 Å². The van der Waals surface area contributed by atoms with Gasteiger partial charge in [-0.2, -0.15) is 0 Å². The number of rotatable bonds is 2. The van der Waals surface area contributed by atoms with Crippen LogP contribution >= 0.6 is 11.3 Å². The molecule has 0 fully saturated rings. The van der Waals surface area contributed by atoms with E-state index in [9.17, 15) is 0 Å². The molecule has 182 valence electrons. The van der Waals surface area contributed by atoms with Crippen molar-refractivity contribution in [3.05, 3.63) is 127 Å². The lowest BCUT2D eigenvalue weighted by molar-refractivity contribution is 0.673. The van der Waals surface area contributed by atoms with E-state index in [2.05, 4.69) is 126 Å². The maximum atomic E-state index is 6.62. The summed E-state index contributed by atoms with van der Waals surface area (Å²) >= 11 is 1.86. The first-order valence-corrected chi connectivity index (χ1v) is 14.0. The van der Waals surface area contributed by atoms with Gasteiger partial charge >= 0.3 is 0 Å². The van der Waals surface area contributed by atoms with Crippen molar-refractivity contribution in [1.29, 1.82) is 0 Å². The van der Waals surface area contributed by atoms with Crippen LogP contribution in [0, 0.1) is 0 Å². The average molecular weight is 516 g/mol. The number of hydrogen-bond donors (Lipinski definition) is 0. The van der Waals surface area contributed by atoms with Gasteiger partial charge in [-0.15, -0.1) is 11.3 Å². The SMILES string of the molecule is c1ccc(-n2c3ccccc3c3c4oc5ccccc5c4cc(-c4ccc5sc6ccccc6c5c4)c32)cc1. The summed E-state index contributed by atoms with van der Waals surface area (Å²) in [6, 6.07) is 45.8. The summed E-state index contributed by atoms with van der Waals surface area (Å²) in [5.74, 6) is 0. The monoisotopic (exact) mass is 515 g/mol. The third-order valence-corrected chi connectivity index (χ3v) is 9.13. The first kappa shape index (κ1) is 21.1. The van der Waals surface area contributed by atoms with Crippen molar-refractivity contribution in [3.63, 3.8) is 0 Å². The maximum absolute atomic E-state index is 6.62. The number of aromatic nitrogens is 1. The number of fused-ring (bicyclic) bond motifs is 10. The normalized spacial score (nSPS) is 12.1. The Hall–Kier alpha value is -4.86. The average Bonchev–Trinajstić information content (AvgIpc) is 3.66. The molecule has 0 N–H and O–H groups in total. The van der Waals surface area contributed by atoms with Gasteiger partial charge in [-0.25, -0.2) is 0 Å². The molecule has 0 saturated heterocycles. The zero-order valence-corrected chi connectivity index (χ0v) is 21.7. The number of hydrogen-bond acceptors (Lipinski definition) is 2. The molecular weight excluding hydrogens is 494 g/mol. The summed E-state index contributed by atoms with van der Waals surface area (Å²) < 4.78 is 11.7. The van der Waals surface area contributed by atoms with Gasteiger partial charge in [-0.1, -0.05) is 78.9 Å². The summed E-state index contributed by atoms with van der Waals surface area (Å²) in [6.07, 6.45) is 0. The Kier molecular flexibility index (Phi) is 4.24. The first-order valence-electron chi connectivity index (χ1n) is 13.2. The smallest absolute Gasteiger partial charge is 0.145 e. The highest BCUT2D eigenvalue weighted by Crippen LogP contribution is 2.46. The molecule has 0 saturated carbocycles. The molecule has 0 aliphatic carbocycles. The summed E-state index contributed by atoms with van der Waals surface area (Å²) in [5, 5.41) is 7.28. The van der Waals surface area contributed by atoms with Crippen LogP contribution in [0.2, 0.25) is 0 Å². The highest BCUT2D eigenvalue weighted by atomic mass is 32.1. The predicted molar refractivity (Wildman–Crippen MR) is 166 cm³/mol. The second-order valence-electron chi connectivity index (χ2n) is 10.1. The summed E-state index contributed by atoms with van der Waals surface area (Å²) in [6.45, 7) is 0. The molecule has 0 aliphatic heterocycles. The maximum Gasteiger partial charge on any atom is 0.145 e. The van der Waals surface area contributed by atoms with E-state index in [1.807, 2.05) is 17.4 Å².